The summed E-state index contributed by atoms with van der Waals surface area (Å²) in [5.74, 6) is 0.616. The topological polar surface area (TPSA) is 58.2 Å². The van der Waals surface area contributed by atoms with Gasteiger partial charge in [0.1, 0.15) is 11.6 Å². The summed E-state index contributed by atoms with van der Waals surface area (Å²) >= 11 is 0. The van der Waals surface area contributed by atoms with Crippen LogP contribution in [0.5, 0.6) is 5.75 Å². The molecule has 1 aromatic heterocycles. The van der Waals surface area contributed by atoms with Gasteiger partial charge in [0.15, 0.2) is 0 Å². The Bertz CT molecular complexity index is 964. The van der Waals surface area contributed by atoms with E-state index >= 15 is 0 Å². The van der Waals surface area contributed by atoms with Crippen molar-refractivity contribution in [2.24, 2.45) is 0 Å². The molecule has 0 atom stereocenters. The number of carbonyl (C=O) groups excluding carboxylic acids is 1. The third-order valence-electron chi connectivity index (χ3n) is 4.99. The molecule has 3 aromatic rings. The Morgan fingerprint density at radius 1 is 1.18 bits per heavy atom. The van der Waals surface area contributed by atoms with Crippen molar-refractivity contribution in [3.8, 4) is 17.0 Å². The lowest BCUT2D eigenvalue weighted by Crippen LogP contribution is -2.36. The van der Waals surface area contributed by atoms with E-state index in [1.165, 1.54) is 12.1 Å². The second kappa shape index (κ2) is 7.84. The van der Waals surface area contributed by atoms with Crippen LogP contribution in [0.3, 0.4) is 0 Å². The molecule has 2 aromatic carbocycles. The zero-order chi connectivity index (χ0) is 19.5. The first-order valence-electron chi connectivity index (χ1n) is 9.45. The van der Waals surface area contributed by atoms with Crippen LogP contribution in [0.15, 0.2) is 48.5 Å². The van der Waals surface area contributed by atoms with E-state index in [9.17, 15) is 9.18 Å². The van der Waals surface area contributed by atoms with Crippen molar-refractivity contribution >= 4 is 5.91 Å². The largest absolute Gasteiger partial charge is 0.494 e. The minimum Gasteiger partial charge on any atom is -0.494 e. The normalized spacial score (nSPS) is 13.3. The number of halogens is 1. The lowest BCUT2D eigenvalue weighted by atomic mass is 10.0. The Morgan fingerprint density at radius 3 is 2.64 bits per heavy atom. The van der Waals surface area contributed by atoms with Gasteiger partial charge in [-0.05, 0) is 48.9 Å². The summed E-state index contributed by atoms with van der Waals surface area (Å²) < 4.78 is 18.7. The van der Waals surface area contributed by atoms with E-state index in [1.54, 1.807) is 12.1 Å². The molecule has 5 nitrogen and oxygen atoms in total. The summed E-state index contributed by atoms with van der Waals surface area (Å²) in [7, 11) is 0. The zero-order valence-electron chi connectivity index (χ0n) is 15.7. The molecule has 1 aliphatic rings. The number of H-pyrrole nitrogens is 1. The van der Waals surface area contributed by atoms with Gasteiger partial charge < -0.3 is 9.64 Å². The molecular weight excluding hydrogens is 357 g/mol. The van der Waals surface area contributed by atoms with Crippen LogP contribution in [-0.2, 0) is 24.2 Å². The minimum atomic E-state index is -0.277. The lowest BCUT2D eigenvalue weighted by molar-refractivity contribution is -0.131. The van der Waals surface area contributed by atoms with Crippen LogP contribution in [0.1, 0.15) is 23.7 Å². The fourth-order valence-corrected chi connectivity index (χ4v) is 3.51. The molecule has 6 heteroatoms. The van der Waals surface area contributed by atoms with Crippen molar-refractivity contribution in [2.75, 3.05) is 13.2 Å². The number of nitrogens with zero attached hydrogens (tertiary/aromatic N) is 2. The molecular formula is C22H22FN3O2. The van der Waals surface area contributed by atoms with Gasteiger partial charge in [0.05, 0.1) is 18.7 Å². The number of amides is 1. The highest BCUT2D eigenvalue weighted by Crippen LogP contribution is 2.28. The van der Waals surface area contributed by atoms with E-state index in [-0.39, 0.29) is 11.7 Å². The average Bonchev–Trinajstić information content (AvgIpc) is 3.13. The van der Waals surface area contributed by atoms with Crippen LogP contribution >= 0.6 is 0 Å². The monoisotopic (exact) mass is 379 g/mol. The molecule has 0 spiro atoms. The summed E-state index contributed by atoms with van der Waals surface area (Å²) in [4.78, 5) is 14.7. The van der Waals surface area contributed by atoms with Crippen LogP contribution in [0.25, 0.3) is 11.3 Å². The van der Waals surface area contributed by atoms with Crippen LogP contribution in [0.4, 0.5) is 4.39 Å². The third-order valence-corrected chi connectivity index (χ3v) is 4.99. The smallest absolute Gasteiger partial charge is 0.227 e. The van der Waals surface area contributed by atoms with Crippen LogP contribution in [-0.4, -0.2) is 34.2 Å². The summed E-state index contributed by atoms with van der Waals surface area (Å²) in [5, 5.41) is 7.47. The number of nitrogens with one attached hydrogen (secondary N) is 1. The summed E-state index contributed by atoms with van der Waals surface area (Å²) in [6, 6.07) is 13.9. The zero-order valence-corrected chi connectivity index (χ0v) is 15.7. The number of hydrogen-bond donors (Lipinski definition) is 1. The Kier molecular flexibility index (Phi) is 5.10. The quantitative estimate of drug-likeness (QED) is 0.735. The predicted molar refractivity (Wildman–Crippen MR) is 104 cm³/mol. The standard InChI is InChI=1S/C22H22FN3O2/c1-2-28-18-9-3-15(4-10-18)13-21(27)26-12-11-20-19(14-26)22(25-24-20)16-5-7-17(23)8-6-16/h3-10H,2,11-14H2,1H3,(H,24,25). The molecule has 1 N–H and O–H groups in total. The van der Waals surface area contributed by atoms with Crippen molar-refractivity contribution in [2.45, 2.75) is 26.3 Å². The van der Waals surface area contributed by atoms with Crippen molar-refractivity contribution in [3.63, 3.8) is 0 Å². The lowest BCUT2D eigenvalue weighted by Gasteiger charge is -2.27. The van der Waals surface area contributed by atoms with Crippen molar-refractivity contribution in [1.29, 1.82) is 0 Å². The van der Waals surface area contributed by atoms with Crippen molar-refractivity contribution < 1.29 is 13.9 Å². The highest BCUT2D eigenvalue weighted by Gasteiger charge is 2.25. The molecule has 1 amide bonds. The molecule has 28 heavy (non-hydrogen) atoms. The minimum absolute atomic E-state index is 0.0843. The maximum Gasteiger partial charge on any atom is 0.227 e. The molecule has 144 valence electrons. The first kappa shape index (κ1) is 18.2. The van der Waals surface area contributed by atoms with E-state index < -0.39 is 0 Å². The number of rotatable bonds is 5. The molecule has 0 fully saturated rings. The van der Waals surface area contributed by atoms with E-state index in [0.717, 1.165) is 40.2 Å². The Balaban J connectivity index is 1.48. The maximum atomic E-state index is 13.2. The molecule has 0 bridgehead atoms. The van der Waals surface area contributed by atoms with E-state index in [2.05, 4.69) is 10.2 Å². The summed E-state index contributed by atoms with van der Waals surface area (Å²) in [6.07, 6.45) is 1.09. The van der Waals surface area contributed by atoms with Gasteiger partial charge in [0.25, 0.3) is 0 Å². The number of carbonyl (C=O) groups is 1. The first-order valence-corrected chi connectivity index (χ1v) is 9.45. The highest BCUT2D eigenvalue weighted by atomic mass is 19.1. The van der Waals surface area contributed by atoms with Gasteiger partial charge in [0.2, 0.25) is 5.91 Å². The average molecular weight is 379 g/mol. The molecule has 1 aliphatic heterocycles. The maximum absolute atomic E-state index is 13.2. The highest BCUT2D eigenvalue weighted by molar-refractivity contribution is 5.79. The van der Waals surface area contributed by atoms with Crippen LogP contribution in [0.2, 0.25) is 0 Å². The van der Waals surface area contributed by atoms with Crippen LogP contribution < -0.4 is 4.74 Å². The molecule has 0 saturated heterocycles. The predicted octanol–water partition coefficient (Wildman–Crippen LogP) is 3.74. The summed E-state index contributed by atoms with van der Waals surface area (Å²) in [5.41, 5.74) is 4.65. The van der Waals surface area contributed by atoms with Gasteiger partial charge in [-0.2, -0.15) is 5.10 Å². The number of aromatic nitrogens is 2. The number of hydrogen-bond acceptors (Lipinski definition) is 3. The Morgan fingerprint density at radius 2 is 1.93 bits per heavy atom. The Hall–Kier alpha value is -3.15. The van der Waals surface area contributed by atoms with Crippen molar-refractivity contribution in [3.05, 3.63) is 71.2 Å². The van der Waals surface area contributed by atoms with Gasteiger partial charge in [-0.25, -0.2) is 4.39 Å². The van der Waals surface area contributed by atoms with Gasteiger partial charge in [-0.1, -0.05) is 12.1 Å². The number of aromatic amines is 1. The van der Waals surface area contributed by atoms with Gasteiger partial charge >= 0.3 is 0 Å². The second-order valence-corrected chi connectivity index (χ2v) is 6.86. The van der Waals surface area contributed by atoms with Crippen molar-refractivity contribution in [1.82, 2.24) is 15.1 Å². The fraction of sp³-hybridized carbons (Fsp3) is 0.273. The number of benzene rings is 2. The molecule has 0 aliphatic carbocycles. The van der Waals surface area contributed by atoms with Crippen LogP contribution in [0, 0.1) is 5.82 Å². The summed E-state index contributed by atoms with van der Waals surface area (Å²) in [6.45, 7) is 3.73. The van der Waals surface area contributed by atoms with Gasteiger partial charge in [-0.3, -0.25) is 9.89 Å². The molecule has 0 unspecified atom stereocenters. The molecule has 2 heterocycles. The molecule has 0 saturated carbocycles. The molecule has 0 radical (unpaired) electrons. The number of ether oxygens (including phenoxy) is 1. The van der Waals surface area contributed by atoms with E-state index in [4.69, 9.17) is 4.74 Å². The van der Waals surface area contributed by atoms with E-state index in [1.807, 2.05) is 36.1 Å². The van der Waals surface area contributed by atoms with Gasteiger partial charge in [0, 0.05) is 36.3 Å². The number of fused-ring (bicyclic) bond motifs is 1. The first-order chi connectivity index (χ1) is 13.6. The third kappa shape index (κ3) is 3.76. The second-order valence-electron chi connectivity index (χ2n) is 6.86. The van der Waals surface area contributed by atoms with E-state index in [0.29, 0.717) is 26.1 Å². The SMILES string of the molecule is CCOc1ccc(CC(=O)N2CCc3[nH]nc(-c4ccc(F)cc4)c3C2)cc1. The Labute approximate surface area is 163 Å². The van der Waals surface area contributed by atoms with Gasteiger partial charge in [-0.15, -0.1) is 0 Å². The molecule has 4 rings (SSSR count). The fourth-order valence-electron chi connectivity index (χ4n) is 3.51.